The van der Waals surface area contributed by atoms with Gasteiger partial charge in [0.2, 0.25) is 0 Å². The lowest BCUT2D eigenvalue weighted by Crippen LogP contribution is -2.05. The molecule has 2 aromatic heterocycles. The Balaban J connectivity index is 1.79. The number of halogens is 1. The van der Waals surface area contributed by atoms with Gasteiger partial charge in [-0.25, -0.2) is 4.79 Å². The molecule has 2 aromatic carbocycles. The molecule has 26 heavy (non-hydrogen) atoms. The molecule has 0 saturated carbocycles. The summed E-state index contributed by atoms with van der Waals surface area (Å²) in [7, 11) is 0. The summed E-state index contributed by atoms with van der Waals surface area (Å²) in [5, 5.41) is 10.6. The van der Waals surface area contributed by atoms with E-state index in [9.17, 15) is 4.79 Å². The summed E-state index contributed by atoms with van der Waals surface area (Å²) in [6.07, 6.45) is 0.664. The Kier molecular flexibility index (Phi) is 3.38. The van der Waals surface area contributed by atoms with E-state index < -0.39 is 5.76 Å². The molecule has 3 heterocycles. The average molecular weight is 382 g/mol. The monoisotopic (exact) mass is 381 g/mol. The quantitative estimate of drug-likeness (QED) is 0.516. The molecular formula is C19H12ClN3O2S. The largest absolute Gasteiger partial charge is 0.417 e. The van der Waals surface area contributed by atoms with E-state index in [1.807, 2.05) is 43.3 Å². The molecule has 128 valence electrons. The van der Waals surface area contributed by atoms with E-state index in [0.29, 0.717) is 22.5 Å². The zero-order valence-electron chi connectivity index (χ0n) is 13.7. The van der Waals surface area contributed by atoms with Crippen molar-refractivity contribution in [3.05, 3.63) is 68.0 Å². The lowest BCUT2D eigenvalue weighted by molar-refractivity contribution is 0.555. The molecule has 5 rings (SSSR count). The van der Waals surface area contributed by atoms with Crippen molar-refractivity contribution in [1.29, 1.82) is 0 Å². The van der Waals surface area contributed by atoms with Crippen LogP contribution in [0.15, 0.2) is 55.8 Å². The number of hydrogen-bond acceptors (Lipinski definition) is 5. The number of aromatic nitrogens is 1. The highest BCUT2D eigenvalue weighted by Gasteiger charge is 2.20. The number of nitrogens with one attached hydrogen (secondary N) is 1. The lowest BCUT2D eigenvalue weighted by Gasteiger charge is -2.07. The molecule has 5 nitrogen and oxygen atoms in total. The minimum Gasteiger partial charge on any atom is -0.408 e. The molecule has 1 aliphatic rings. The van der Waals surface area contributed by atoms with Crippen molar-refractivity contribution in [3.63, 3.8) is 0 Å². The van der Waals surface area contributed by atoms with Crippen molar-refractivity contribution in [1.82, 2.24) is 4.98 Å². The smallest absolute Gasteiger partial charge is 0.408 e. The first-order valence-electron chi connectivity index (χ1n) is 8.04. The predicted octanol–water partition coefficient (Wildman–Crippen LogP) is 4.76. The van der Waals surface area contributed by atoms with Gasteiger partial charge in [0.05, 0.1) is 10.4 Å². The highest BCUT2D eigenvalue weighted by Crippen LogP contribution is 2.34. The van der Waals surface area contributed by atoms with Crippen LogP contribution >= 0.6 is 22.9 Å². The van der Waals surface area contributed by atoms with Crippen LogP contribution in [-0.2, 0) is 6.42 Å². The fourth-order valence-electron chi connectivity index (χ4n) is 3.23. The zero-order valence-corrected chi connectivity index (χ0v) is 15.2. The molecule has 0 aliphatic carbocycles. The van der Waals surface area contributed by atoms with Crippen LogP contribution in [-0.4, -0.2) is 16.4 Å². The predicted molar refractivity (Wildman–Crippen MR) is 106 cm³/mol. The average Bonchev–Trinajstić information content (AvgIpc) is 3.14. The van der Waals surface area contributed by atoms with E-state index in [0.717, 1.165) is 37.5 Å². The molecule has 0 spiro atoms. The topological polar surface area (TPSA) is 70.7 Å². The number of thiophene rings is 1. The van der Waals surface area contributed by atoms with Crippen LogP contribution in [0, 0.1) is 0 Å². The van der Waals surface area contributed by atoms with E-state index in [-0.39, 0.29) is 0 Å². The first kappa shape index (κ1) is 15.5. The molecule has 7 heteroatoms. The molecule has 0 radical (unpaired) electrons. The van der Waals surface area contributed by atoms with Gasteiger partial charge in [0.1, 0.15) is 5.71 Å². The summed E-state index contributed by atoms with van der Waals surface area (Å²) in [4.78, 5) is 15.2. The van der Waals surface area contributed by atoms with Crippen molar-refractivity contribution in [2.75, 3.05) is 0 Å². The highest BCUT2D eigenvalue weighted by atomic mass is 35.5. The van der Waals surface area contributed by atoms with Crippen LogP contribution in [0.2, 0.25) is 5.02 Å². The second kappa shape index (κ2) is 5.65. The third kappa shape index (κ3) is 2.41. The number of H-pyrrole nitrogens is 1. The third-order valence-corrected chi connectivity index (χ3v) is 5.85. The maximum Gasteiger partial charge on any atom is 0.417 e. The van der Waals surface area contributed by atoms with Gasteiger partial charge in [0.15, 0.2) is 5.58 Å². The Morgan fingerprint density at radius 2 is 2.12 bits per heavy atom. The molecule has 0 fully saturated rings. The van der Waals surface area contributed by atoms with Crippen LogP contribution in [0.4, 0.5) is 0 Å². The Hall–Kier alpha value is -2.70. The molecule has 0 atom stereocenters. The van der Waals surface area contributed by atoms with Gasteiger partial charge in [0, 0.05) is 32.8 Å². The van der Waals surface area contributed by atoms with Gasteiger partial charge in [-0.2, -0.15) is 5.10 Å². The molecular weight excluding hydrogens is 370 g/mol. The van der Waals surface area contributed by atoms with Crippen LogP contribution in [0.3, 0.4) is 0 Å². The number of aromatic amines is 1. The van der Waals surface area contributed by atoms with Crippen LogP contribution < -0.4 is 5.76 Å². The summed E-state index contributed by atoms with van der Waals surface area (Å²) in [6.45, 7) is 1.94. The minimum absolute atomic E-state index is 0.460. The number of oxazole rings is 1. The standard InChI is InChI=1S/C19H12ClN3O2S/c1-9-5-10-6-14-15(25-19(24)21-14)7-11(10)18(23-22-9)17-8-12-13(20)3-2-4-16(12)26-17/h2-4,6-8H,5H2,1H3,(H,21,24). The van der Waals surface area contributed by atoms with Gasteiger partial charge in [0.25, 0.3) is 0 Å². The van der Waals surface area contributed by atoms with Gasteiger partial charge in [-0.15, -0.1) is 16.4 Å². The SMILES string of the molecule is CC1=NN=C(c2cc3c(Cl)cccc3s2)c2cc3oc(=O)[nH]c3cc2C1. The minimum atomic E-state index is -0.460. The van der Waals surface area contributed by atoms with Crippen LogP contribution in [0.1, 0.15) is 22.9 Å². The van der Waals surface area contributed by atoms with Crippen LogP contribution in [0.25, 0.3) is 21.2 Å². The number of rotatable bonds is 1. The van der Waals surface area contributed by atoms with E-state index in [1.54, 1.807) is 11.3 Å². The lowest BCUT2D eigenvalue weighted by atomic mass is 9.97. The first-order chi connectivity index (χ1) is 12.6. The van der Waals surface area contributed by atoms with E-state index >= 15 is 0 Å². The fourth-order valence-corrected chi connectivity index (χ4v) is 4.60. The second-order valence-corrected chi connectivity index (χ2v) is 7.73. The van der Waals surface area contributed by atoms with E-state index in [4.69, 9.17) is 16.0 Å². The molecule has 0 saturated heterocycles. The number of fused-ring (bicyclic) bond motifs is 3. The van der Waals surface area contributed by atoms with Crippen molar-refractivity contribution in [2.45, 2.75) is 13.3 Å². The molecule has 0 amide bonds. The summed E-state index contributed by atoms with van der Waals surface area (Å²) in [5.41, 5.74) is 4.84. The highest BCUT2D eigenvalue weighted by molar-refractivity contribution is 7.21. The van der Waals surface area contributed by atoms with Gasteiger partial charge in [-0.1, -0.05) is 17.7 Å². The Morgan fingerprint density at radius 1 is 1.23 bits per heavy atom. The van der Waals surface area contributed by atoms with Crippen molar-refractivity contribution in [2.24, 2.45) is 10.2 Å². The Labute approximate surface area is 156 Å². The van der Waals surface area contributed by atoms with Crippen molar-refractivity contribution in [3.8, 4) is 0 Å². The van der Waals surface area contributed by atoms with Gasteiger partial charge >= 0.3 is 5.76 Å². The van der Waals surface area contributed by atoms with Crippen LogP contribution in [0.5, 0.6) is 0 Å². The summed E-state index contributed by atoms with van der Waals surface area (Å²) in [5.74, 6) is -0.460. The molecule has 1 aliphatic heterocycles. The van der Waals surface area contributed by atoms with Crippen molar-refractivity contribution < 1.29 is 4.42 Å². The molecule has 4 aromatic rings. The van der Waals surface area contributed by atoms with Gasteiger partial charge in [-0.05, 0) is 42.8 Å². The van der Waals surface area contributed by atoms with Crippen molar-refractivity contribution >= 4 is 55.5 Å². The molecule has 1 N–H and O–H groups in total. The third-order valence-electron chi connectivity index (χ3n) is 4.41. The Morgan fingerprint density at radius 3 is 2.96 bits per heavy atom. The first-order valence-corrected chi connectivity index (χ1v) is 9.23. The maximum absolute atomic E-state index is 11.6. The fraction of sp³-hybridized carbons (Fsp3) is 0.105. The van der Waals surface area contributed by atoms with Gasteiger partial charge in [-0.3, -0.25) is 4.98 Å². The second-order valence-electron chi connectivity index (χ2n) is 6.24. The maximum atomic E-state index is 11.6. The van der Waals surface area contributed by atoms with Gasteiger partial charge < -0.3 is 4.42 Å². The summed E-state index contributed by atoms with van der Waals surface area (Å²) < 4.78 is 6.34. The summed E-state index contributed by atoms with van der Waals surface area (Å²) >= 11 is 7.95. The number of benzene rings is 2. The van der Waals surface area contributed by atoms with E-state index in [1.165, 1.54) is 0 Å². The molecule has 0 bridgehead atoms. The molecule has 0 unspecified atom stereocenters. The summed E-state index contributed by atoms with van der Waals surface area (Å²) in [6, 6.07) is 11.7. The Bertz CT molecular complexity index is 1310. The number of hydrogen-bond donors (Lipinski definition) is 1. The normalized spacial score (nSPS) is 14.2. The number of nitrogens with zero attached hydrogens (tertiary/aromatic N) is 2. The van der Waals surface area contributed by atoms with E-state index in [2.05, 4.69) is 15.2 Å². The zero-order chi connectivity index (χ0) is 17.8.